The Balaban J connectivity index is 1.87. The number of likely N-dealkylation sites (N-methyl/N-ethyl adjacent to an activating group) is 1. The van der Waals surface area contributed by atoms with Crippen molar-refractivity contribution in [3.8, 4) is 5.75 Å². The monoisotopic (exact) mass is 288 g/mol. The van der Waals surface area contributed by atoms with E-state index in [0.29, 0.717) is 13.2 Å². The van der Waals surface area contributed by atoms with E-state index in [9.17, 15) is 4.79 Å². The molecule has 4 heteroatoms. The first-order chi connectivity index (χ1) is 10.2. The summed E-state index contributed by atoms with van der Waals surface area (Å²) in [6.07, 6.45) is 4.96. The lowest BCUT2D eigenvalue weighted by Crippen LogP contribution is -2.46. The second-order valence-electron chi connectivity index (χ2n) is 5.44. The lowest BCUT2D eigenvalue weighted by atomic mass is 10.0. The van der Waals surface area contributed by atoms with E-state index in [1.165, 1.54) is 6.42 Å². The summed E-state index contributed by atoms with van der Waals surface area (Å²) < 4.78 is 5.45. The van der Waals surface area contributed by atoms with Gasteiger partial charge in [0.25, 0.3) is 0 Å². The zero-order valence-electron chi connectivity index (χ0n) is 12.7. The van der Waals surface area contributed by atoms with E-state index in [1.807, 2.05) is 31.3 Å². The van der Waals surface area contributed by atoms with Crippen LogP contribution >= 0.6 is 0 Å². The first-order valence-corrected chi connectivity index (χ1v) is 7.51. The van der Waals surface area contributed by atoms with Crippen LogP contribution in [0.4, 0.5) is 0 Å². The highest BCUT2D eigenvalue weighted by Gasteiger charge is 2.23. The average Bonchev–Trinajstić information content (AvgIpc) is 2.54. The Morgan fingerprint density at radius 2 is 2.19 bits per heavy atom. The molecule has 0 aliphatic carbocycles. The molecule has 0 aromatic heterocycles. The molecule has 1 aliphatic heterocycles. The molecule has 1 N–H and O–H groups in total. The van der Waals surface area contributed by atoms with Crippen LogP contribution in [0.5, 0.6) is 5.75 Å². The van der Waals surface area contributed by atoms with Gasteiger partial charge in [0, 0.05) is 13.6 Å². The van der Waals surface area contributed by atoms with Gasteiger partial charge in [-0.2, -0.15) is 0 Å². The molecule has 4 nitrogen and oxygen atoms in total. The van der Waals surface area contributed by atoms with E-state index in [2.05, 4.69) is 11.9 Å². The minimum Gasteiger partial charge on any atom is -0.490 e. The number of ether oxygens (including phenoxy) is 1. The van der Waals surface area contributed by atoms with Gasteiger partial charge >= 0.3 is 0 Å². The summed E-state index contributed by atoms with van der Waals surface area (Å²) in [5.41, 5.74) is 1.10. The Morgan fingerprint density at radius 1 is 1.43 bits per heavy atom. The van der Waals surface area contributed by atoms with Gasteiger partial charge in [-0.15, -0.1) is 0 Å². The number of rotatable bonds is 6. The number of amides is 1. The summed E-state index contributed by atoms with van der Waals surface area (Å²) in [4.78, 5) is 14.1. The van der Waals surface area contributed by atoms with Gasteiger partial charge in [-0.05, 0) is 37.1 Å². The number of nitrogens with zero attached hydrogens (tertiary/aromatic N) is 1. The molecule has 0 bridgehead atoms. The molecule has 2 rings (SSSR count). The molecule has 0 saturated carbocycles. The molecule has 0 radical (unpaired) electrons. The van der Waals surface area contributed by atoms with Crippen molar-refractivity contribution in [2.45, 2.75) is 31.8 Å². The summed E-state index contributed by atoms with van der Waals surface area (Å²) in [5, 5.41) is 3.30. The molecule has 1 atom stereocenters. The topological polar surface area (TPSA) is 41.6 Å². The lowest BCUT2D eigenvalue weighted by Gasteiger charge is -2.27. The third-order valence-electron chi connectivity index (χ3n) is 3.70. The second kappa shape index (κ2) is 7.84. The molecule has 1 aromatic carbocycles. The van der Waals surface area contributed by atoms with Gasteiger partial charge in [-0.3, -0.25) is 4.79 Å². The number of hydrogen-bond acceptors (Lipinski definition) is 3. The van der Waals surface area contributed by atoms with Gasteiger partial charge in [0.05, 0.1) is 6.04 Å². The molecule has 1 amide bonds. The molecule has 0 unspecified atom stereocenters. The molecular weight excluding hydrogens is 264 g/mol. The first-order valence-electron chi connectivity index (χ1n) is 7.51. The maximum Gasteiger partial charge on any atom is 0.239 e. The highest BCUT2D eigenvalue weighted by atomic mass is 16.5. The Hall–Kier alpha value is -1.81. The van der Waals surface area contributed by atoms with Crippen molar-refractivity contribution in [2.24, 2.45) is 0 Å². The minimum absolute atomic E-state index is 0.0149. The van der Waals surface area contributed by atoms with Gasteiger partial charge in [0.2, 0.25) is 5.91 Å². The number of benzene rings is 1. The van der Waals surface area contributed by atoms with E-state index in [4.69, 9.17) is 4.74 Å². The van der Waals surface area contributed by atoms with Crippen LogP contribution in [0.1, 0.15) is 24.8 Å². The fourth-order valence-electron chi connectivity index (χ4n) is 2.53. The van der Waals surface area contributed by atoms with Crippen LogP contribution in [-0.2, 0) is 11.3 Å². The maximum absolute atomic E-state index is 12.3. The number of nitrogens with one attached hydrogen (secondary N) is 1. The molecule has 21 heavy (non-hydrogen) atoms. The highest BCUT2D eigenvalue weighted by Crippen LogP contribution is 2.15. The summed E-state index contributed by atoms with van der Waals surface area (Å²) in [6.45, 7) is 5.69. The minimum atomic E-state index is -0.0149. The van der Waals surface area contributed by atoms with Crippen molar-refractivity contribution in [3.05, 3.63) is 42.5 Å². The number of carbonyl (C=O) groups is 1. The van der Waals surface area contributed by atoms with E-state index >= 15 is 0 Å². The molecule has 1 heterocycles. The van der Waals surface area contributed by atoms with E-state index in [-0.39, 0.29) is 11.9 Å². The van der Waals surface area contributed by atoms with Crippen LogP contribution in [-0.4, -0.2) is 37.0 Å². The number of carbonyl (C=O) groups excluding carboxylic acids is 1. The Bertz CT molecular complexity index is 464. The van der Waals surface area contributed by atoms with Crippen LogP contribution < -0.4 is 10.1 Å². The Labute approximate surface area is 126 Å². The molecule has 1 aromatic rings. The summed E-state index contributed by atoms with van der Waals surface area (Å²) >= 11 is 0. The van der Waals surface area contributed by atoms with E-state index in [0.717, 1.165) is 30.7 Å². The first kappa shape index (κ1) is 15.6. The quantitative estimate of drug-likeness (QED) is 0.817. The lowest BCUT2D eigenvalue weighted by molar-refractivity contribution is -0.133. The van der Waals surface area contributed by atoms with Crippen LogP contribution in [0, 0.1) is 0 Å². The van der Waals surface area contributed by atoms with Crippen molar-refractivity contribution in [1.29, 1.82) is 0 Å². The van der Waals surface area contributed by atoms with Crippen molar-refractivity contribution in [1.82, 2.24) is 10.2 Å². The van der Waals surface area contributed by atoms with Gasteiger partial charge in [-0.1, -0.05) is 31.2 Å². The van der Waals surface area contributed by atoms with Crippen LogP contribution in [0.2, 0.25) is 0 Å². The number of hydrogen-bond donors (Lipinski definition) is 1. The van der Waals surface area contributed by atoms with Crippen LogP contribution in [0.25, 0.3) is 0 Å². The summed E-state index contributed by atoms with van der Waals surface area (Å²) in [7, 11) is 1.86. The fourth-order valence-corrected chi connectivity index (χ4v) is 2.53. The molecular formula is C17H24N2O2. The van der Waals surface area contributed by atoms with Crippen LogP contribution in [0.15, 0.2) is 36.9 Å². The van der Waals surface area contributed by atoms with Crippen molar-refractivity contribution < 1.29 is 9.53 Å². The van der Waals surface area contributed by atoms with Crippen LogP contribution in [0.3, 0.4) is 0 Å². The SMILES string of the molecule is C=CCOc1ccc(CN(C)C(=O)[C@H]2CCCCN2)cc1. The maximum atomic E-state index is 12.3. The van der Waals surface area contributed by atoms with Gasteiger partial charge in [0.15, 0.2) is 0 Å². The fraction of sp³-hybridized carbons (Fsp3) is 0.471. The highest BCUT2D eigenvalue weighted by molar-refractivity contribution is 5.81. The zero-order chi connectivity index (χ0) is 15.1. The van der Waals surface area contributed by atoms with E-state index in [1.54, 1.807) is 11.0 Å². The third-order valence-corrected chi connectivity index (χ3v) is 3.70. The zero-order valence-corrected chi connectivity index (χ0v) is 12.7. The van der Waals surface area contributed by atoms with Crippen molar-refractivity contribution in [2.75, 3.05) is 20.2 Å². The van der Waals surface area contributed by atoms with Gasteiger partial charge < -0.3 is 15.0 Å². The molecule has 0 spiro atoms. The average molecular weight is 288 g/mol. The molecule has 114 valence electrons. The smallest absolute Gasteiger partial charge is 0.239 e. The normalized spacial score (nSPS) is 18.0. The third kappa shape index (κ3) is 4.60. The molecule has 1 aliphatic rings. The predicted molar refractivity (Wildman–Crippen MR) is 84.2 cm³/mol. The molecule has 1 fully saturated rings. The Kier molecular flexibility index (Phi) is 5.81. The largest absolute Gasteiger partial charge is 0.490 e. The second-order valence-corrected chi connectivity index (χ2v) is 5.44. The van der Waals surface area contributed by atoms with E-state index < -0.39 is 0 Å². The summed E-state index contributed by atoms with van der Waals surface area (Å²) in [5.74, 6) is 1.00. The van der Waals surface area contributed by atoms with Crippen molar-refractivity contribution >= 4 is 5.91 Å². The predicted octanol–water partition coefficient (Wildman–Crippen LogP) is 2.35. The molecule has 1 saturated heterocycles. The number of piperidine rings is 1. The Morgan fingerprint density at radius 3 is 2.81 bits per heavy atom. The van der Waals surface area contributed by atoms with Crippen molar-refractivity contribution in [3.63, 3.8) is 0 Å². The van der Waals surface area contributed by atoms with Gasteiger partial charge in [-0.25, -0.2) is 0 Å². The summed E-state index contributed by atoms with van der Waals surface area (Å²) in [6, 6.07) is 7.83. The van der Waals surface area contributed by atoms with Gasteiger partial charge in [0.1, 0.15) is 12.4 Å². The standard InChI is InChI=1S/C17H24N2O2/c1-3-12-21-15-9-7-14(8-10-15)13-19(2)17(20)16-6-4-5-11-18-16/h3,7-10,16,18H,1,4-6,11-13H2,2H3/t16-/m1/s1.